The fraction of sp³-hybridized carbons (Fsp3) is 0.100. The van der Waals surface area contributed by atoms with Gasteiger partial charge in [-0.1, -0.05) is 12.1 Å². The van der Waals surface area contributed by atoms with Gasteiger partial charge in [0.1, 0.15) is 17.5 Å². The topological polar surface area (TPSA) is 54.0 Å². The van der Waals surface area contributed by atoms with Gasteiger partial charge in [-0.15, -0.1) is 0 Å². The minimum absolute atomic E-state index is 0.0889. The van der Waals surface area contributed by atoms with Gasteiger partial charge in [-0.3, -0.25) is 4.79 Å². The molecule has 3 aromatic rings. The molecule has 0 saturated carbocycles. The van der Waals surface area contributed by atoms with Crippen molar-refractivity contribution in [3.05, 3.63) is 83.1 Å². The minimum Gasteiger partial charge on any atom is -0.340 e. The number of amides is 1. The number of aryl methyl sites for hydroxylation is 2. The number of benzene rings is 2. The molecule has 0 aliphatic rings. The summed E-state index contributed by atoms with van der Waals surface area (Å²) in [4.78, 5) is 16.4. The number of pyridine rings is 1. The number of hydrogen-bond acceptors (Lipinski definition) is 3. The molecule has 0 spiro atoms. The number of nitrogens with one attached hydrogen (secondary N) is 2. The molecule has 1 heterocycles. The highest BCUT2D eigenvalue weighted by Crippen LogP contribution is 2.21. The number of carbonyl (C=O) groups is 1. The zero-order chi connectivity index (χ0) is 18.7. The third-order valence-corrected chi connectivity index (χ3v) is 3.86. The van der Waals surface area contributed by atoms with E-state index in [9.17, 15) is 13.6 Å². The van der Waals surface area contributed by atoms with E-state index in [0.717, 1.165) is 22.9 Å². The lowest BCUT2D eigenvalue weighted by Crippen LogP contribution is -2.13. The fourth-order valence-electron chi connectivity index (χ4n) is 2.40. The summed E-state index contributed by atoms with van der Waals surface area (Å²) < 4.78 is 26.5. The van der Waals surface area contributed by atoms with Crippen molar-refractivity contribution in [1.29, 1.82) is 0 Å². The molecule has 2 aromatic carbocycles. The highest BCUT2D eigenvalue weighted by atomic mass is 19.1. The van der Waals surface area contributed by atoms with Crippen LogP contribution in [0.25, 0.3) is 0 Å². The van der Waals surface area contributed by atoms with E-state index in [1.165, 1.54) is 12.3 Å². The van der Waals surface area contributed by atoms with Crippen LogP contribution in [0.5, 0.6) is 0 Å². The van der Waals surface area contributed by atoms with E-state index in [1.807, 2.05) is 32.0 Å². The molecule has 0 atom stereocenters. The van der Waals surface area contributed by atoms with Crippen molar-refractivity contribution in [3.8, 4) is 0 Å². The molecular formula is C20H17F2N3O. The Bertz CT molecular complexity index is 956. The minimum atomic E-state index is -0.834. The lowest BCUT2D eigenvalue weighted by Gasteiger charge is -2.10. The van der Waals surface area contributed by atoms with Crippen LogP contribution in [-0.2, 0) is 0 Å². The van der Waals surface area contributed by atoms with E-state index >= 15 is 0 Å². The molecule has 26 heavy (non-hydrogen) atoms. The maximum Gasteiger partial charge on any atom is 0.257 e. The number of hydrogen-bond donors (Lipinski definition) is 2. The summed E-state index contributed by atoms with van der Waals surface area (Å²) in [6.45, 7) is 3.99. The molecule has 0 aliphatic carbocycles. The second kappa shape index (κ2) is 7.31. The zero-order valence-corrected chi connectivity index (χ0v) is 14.3. The molecule has 0 fully saturated rings. The summed E-state index contributed by atoms with van der Waals surface area (Å²) in [5.41, 5.74) is 3.30. The first kappa shape index (κ1) is 17.5. The lowest BCUT2D eigenvalue weighted by molar-refractivity contribution is 0.102. The molecule has 0 saturated heterocycles. The predicted molar refractivity (Wildman–Crippen MR) is 97.7 cm³/mol. The van der Waals surface area contributed by atoms with Gasteiger partial charge < -0.3 is 10.6 Å². The van der Waals surface area contributed by atoms with Crippen LogP contribution in [0.4, 0.5) is 26.0 Å². The Morgan fingerprint density at radius 3 is 2.46 bits per heavy atom. The molecule has 0 unspecified atom stereocenters. The first-order chi connectivity index (χ1) is 12.4. The van der Waals surface area contributed by atoms with E-state index < -0.39 is 17.5 Å². The van der Waals surface area contributed by atoms with Gasteiger partial charge in [0.05, 0.1) is 11.3 Å². The fourth-order valence-corrected chi connectivity index (χ4v) is 2.40. The monoisotopic (exact) mass is 353 g/mol. The first-order valence-corrected chi connectivity index (χ1v) is 7.99. The van der Waals surface area contributed by atoms with Crippen LogP contribution in [0.1, 0.15) is 21.5 Å². The van der Waals surface area contributed by atoms with E-state index in [0.29, 0.717) is 11.9 Å². The van der Waals surface area contributed by atoms with Gasteiger partial charge in [-0.2, -0.15) is 0 Å². The van der Waals surface area contributed by atoms with Crippen LogP contribution in [0.3, 0.4) is 0 Å². The maximum absolute atomic E-state index is 13.6. The SMILES string of the molecule is Cc1ccc(C)c(Nc2ccc(C(=O)Nc3ccc(F)cc3F)cn2)c1. The molecule has 3 rings (SSSR count). The summed E-state index contributed by atoms with van der Waals surface area (Å²) in [7, 11) is 0. The molecular weight excluding hydrogens is 336 g/mol. The molecule has 4 nitrogen and oxygen atoms in total. The van der Waals surface area contributed by atoms with E-state index in [1.54, 1.807) is 12.1 Å². The summed E-state index contributed by atoms with van der Waals surface area (Å²) >= 11 is 0. The van der Waals surface area contributed by atoms with Crippen LogP contribution in [0.15, 0.2) is 54.7 Å². The van der Waals surface area contributed by atoms with Crippen LogP contribution < -0.4 is 10.6 Å². The number of carbonyl (C=O) groups excluding carboxylic acids is 1. The van der Waals surface area contributed by atoms with Gasteiger partial charge in [-0.25, -0.2) is 13.8 Å². The second-order valence-corrected chi connectivity index (χ2v) is 5.95. The third kappa shape index (κ3) is 4.03. The largest absolute Gasteiger partial charge is 0.340 e. The number of nitrogens with zero attached hydrogens (tertiary/aromatic N) is 1. The molecule has 2 N–H and O–H groups in total. The molecule has 132 valence electrons. The van der Waals surface area contributed by atoms with E-state index in [-0.39, 0.29) is 11.3 Å². The van der Waals surface area contributed by atoms with Crippen molar-refractivity contribution in [3.63, 3.8) is 0 Å². The Morgan fingerprint density at radius 2 is 1.77 bits per heavy atom. The van der Waals surface area contributed by atoms with Crippen LogP contribution in [0, 0.1) is 25.5 Å². The van der Waals surface area contributed by atoms with Crippen molar-refractivity contribution in [2.24, 2.45) is 0 Å². The quantitative estimate of drug-likeness (QED) is 0.696. The summed E-state index contributed by atoms with van der Waals surface area (Å²) in [5.74, 6) is -1.48. The van der Waals surface area contributed by atoms with E-state index in [4.69, 9.17) is 0 Å². The van der Waals surface area contributed by atoms with Gasteiger partial charge >= 0.3 is 0 Å². The summed E-state index contributed by atoms with van der Waals surface area (Å²) in [6, 6.07) is 12.3. The normalized spacial score (nSPS) is 10.5. The van der Waals surface area contributed by atoms with Crippen molar-refractivity contribution in [2.75, 3.05) is 10.6 Å². The van der Waals surface area contributed by atoms with Gasteiger partial charge in [0.15, 0.2) is 0 Å². The Hall–Kier alpha value is -3.28. The number of rotatable bonds is 4. The molecule has 1 aromatic heterocycles. The predicted octanol–water partition coefficient (Wildman–Crippen LogP) is 4.97. The summed E-state index contributed by atoms with van der Waals surface area (Å²) in [5, 5.41) is 5.60. The van der Waals surface area contributed by atoms with E-state index in [2.05, 4.69) is 15.6 Å². The molecule has 1 amide bonds. The van der Waals surface area contributed by atoms with Gasteiger partial charge in [0.25, 0.3) is 5.91 Å². The summed E-state index contributed by atoms with van der Waals surface area (Å²) in [6.07, 6.45) is 1.39. The van der Waals surface area contributed by atoms with Crippen molar-refractivity contribution >= 4 is 23.1 Å². The van der Waals surface area contributed by atoms with Gasteiger partial charge in [-0.05, 0) is 55.3 Å². The van der Waals surface area contributed by atoms with Gasteiger partial charge in [0.2, 0.25) is 0 Å². The van der Waals surface area contributed by atoms with Crippen LogP contribution in [0.2, 0.25) is 0 Å². The third-order valence-electron chi connectivity index (χ3n) is 3.86. The molecule has 6 heteroatoms. The van der Waals surface area contributed by atoms with Crippen LogP contribution >= 0.6 is 0 Å². The lowest BCUT2D eigenvalue weighted by atomic mass is 10.1. The Kier molecular flexibility index (Phi) is 4.93. The van der Waals surface area contributed by atoms with Crippen molar-refractivity contribution < 1.29 is 13.6 Å². The number of halogens is 2. The highest BCUT2D eigenvalue weighted by molar-refractivity contribution is 6.04. The molecule has 0 aliphatic heterocycles. The Labute approximate surface area is 149 Å². The number of aromatic nitrogens is 1. The molecule has 0 radical (unpaired) electrons. The average molecular weight is 353 g/mol. The van der Waals surface area contributed by atoms with Crippen molar-refractivity contribution in [1.82, 2.24) is 4.98 Å². The second-order valence-electron chi connectivity index (χ2n) is 5.95. The van der Waals surface area contributed by atoms with Gasteiger partial charge in [0, 0.05) is 18.0 Å². The Morgan fingerprint density at radius 1 is 0.962 bits per heavy atom. The van der Waals surface area contributed by atoms with Crippen LogP contribution in [-0.4, -0.2) is 10.9 Å². The highest BCUT2D eigenvalue weighted by Gasteiger charge is 2.11. The molecule has 0 bridgehead atoms. The zero-order valence-electron chi connectivity index (χ0n) is 14.3. The number of anilines is 3. The first-order valence-electron chi connectivity index (χ1n) is 7.99. The smallest absolute Gasteiger partial charge is 0.257 e. The standard InChI is InChI=1S/C20H17F2N3O/c1-12-3-4-13(2)18(9-12)24-19-8-5-14(11-23-19)20(26)25-17-7-6-15(21)10-16(17)22/h3-11H,1-2H3,(H,23,24)(H,25,26). The average Bonchev–Trinajstić information content (AvgIpc) is 2.61. The maximum atomic E-state index is 13.6. The van der Waals surface area contributed by atoms with Crippen molar-refractivity contribution in [2.45, 2.75) is 13.8 Å². The Balaban J connectivity index is 1.72.